The number of hydrogen-bond donors (Lipinski definition) is 3. The molecule has 2 atom stereocenters. The minimum absolute atomic E-state index is 0.00342. The number of imide groups is 1. The maximum atomic E-state index is 13.2. The van der Waals surface area contributed by atoms with Gasteiger partial charge in [-0.3, -0.25) is 28.9 Å². The molecule has 1 heterocycles. The molecule has 1 aliphatic rings. The Hall–Kier alpha value is -2.94. The zero-order chi connectivity index (χ0) is 33.8. The van der Waals surface area contributed by atoms with Crippen molar-refractivity contribution in [3.05, 3.63) is 0 Å². The summed E-state index contributed by atoms with van der Waals surface area (Å²) < 4.78 is 21.7. The molecule has 4 N–H and O–H groups in total. The molecule has 1 saturated heterocycles. The van der Waals surface area contributed by atoms with Crippen LogP contribution in [0.4, 0.5) is 4.79 Å². The number of rotatable bonds is 25. The molecule has 258 valence electrons. The van der Waals surface area contributed by atoms with E-state index in [1.54, 1.807) is 0 Å². The van der Waals surface area contributed by atoms with Gasteiger partial charge in [-0.1, -0.05) is 34.6 Å². The lowest BCUT2D eigenvalue weighted by Crippen LogP contribution is -2.46. The Morgan fingerprint density at radius 1 is 0.844 bits per heavy atom. The molecule has 14 heteroatoms. The van der Waals surface area contributed by atoms with Crippen molar-refractivity contribution >= 4 is 35.3 Å². The number of ketones is 2. The third-order valence-electron chi connectivity index (χ3n) is 7.12. The Bertz CT molecular complexity index is 951. The highest BCUT2D eigenvalue weighted by molar-refractivity contribution is 6.01. The van der Waals surface area contributed by atoms with E-state index in [0.29, 0.717) is 52.4 Å². The first-order chi connectivity index (χ1) is 21.2. The summed E-state index contributed by atoms with van der Waals surface area (Å²) in [4.78, 5) is 74.0. The van der Waals surface area contributed by atoms with Gasteiger partial charge in [0.1, 0.15) is 5.78 Å². The number of ether oxygens (including phenoxy) is 4. The van der Waals surface area contributed by atoms with Crippen LogP contribution in [0.1, 0.15) is 73.1 Å². The van der Waals surface area contributed by atoms with Gasteiger partial charge in [-0.2, -0.15) is 0 Å². The predicted octanol–water partition coefficient (Wildman–Crippen LogP) is 1.37. The van der Waals surface area contributed by atoms with E-state index in [1.807, 2.05) is 34.6 Å². The molecule has 0 radical (unpaired) electrons. The topological polar surface area (TPSA) is 193 Å². The van der Waals surface area contributed by atoms with Gasteiger partial charge >= 0.3 is 6.03 Å². The Kier molecular flexibility index (Phi) is 19.4. The number of urea groups is 1. The number of carbonyl (C=O) groups is 6. The first-order valence-electron chi connectivity index (χ1n) is 15.8. The second-order valence-corrected chi connectivity index (χ2v) is 12.3. The van der Waals surface area contributed by atoms with Crippen LogP contribution < -0.4 is 16.4 Å². The van der Waals surface area contributed by atoms with Gasteiger partial charge in [-0.25, -0.2) is 4.79 Å². The number of nitrogens with zero attached hydrogens (tertiary/aromatic N) is 1. The molecule has 1 rings (SSSR count). The highest BCUT2D eigenvalue weighted by Crippen LogP contribution is 2.26. The molecule has 0 aromatic heterocycles. The van der Waals surface area contributed by atoms with Crippen molar-refractivity contribution in [2.24, 2.45) is 23.0 Å². The van der Waals surface area contributed by atoms with Crippen molar-refractivity contribution in [3.8, 4) is 0 Å². The maximum absolute atomic E-state index is 13.2. The molecule has 1 fully saturated rings. The minimum Gasteiger partial charge on any atom is -0.379 e. The van der Waals surface area contributed by atoms with Crippen LogP contribution in [-0.4, -0.2) is 112 Å². The van der Waals surface area contributed by atoms with Crippen molar-refractivity contribution in [3.63, 3.8) is 0 Å². The Balaban J connectivity index is 2.22. The number of carbonyl (C=O) groups excluding carboxylic acids is 6. The summed E-state index contributed by atoms with van der Waals surface area (Å²) in [7, 11) is 0. The fourth-order valence-corrected chi connectivity index (χ4v) is 4.69. The molecule has 0 aromatic rings. The molecule has 14 nitrogen and oxygen atoms in total. The fourth-order valence-electron chi connectivity index (χ4n) is 4.69. The molecule has 0 spiro atoms. The van der Waals surface area contributed by atoms with E-state index in [-0.39, 0.29) is 87.3 Å². The van der Waals surface area contributed by atoms with Crippen molar-refractivity contribution in [1.29, 1.82) is 0 Å². The number of nitrogens with two attached hydrogens (primary N) is 1. The highest BCUT2D eigenvalue weighted by Gasteiger charge is 2.34. The zero-order valence-electron chi connectivity index (χ0n) is 27.7. The van der Waals surface area contributed by atoms with Crippen LogP contribution >= 0.6 is 0 Å². The number of primary amides is 1. The SMILES string of the molecule is CC(C)[C@H](NC(=O)CCOCCOCCOCCOCCN1C(=O)CCC1=O)C(=O)C[C@@H](CCCNC(N)=O)C(=O)C(C)(C)C. The van der Waals surface area contributed by atoms with Crippen LogP contribution in [0.2, 0.25) is 0 Å². The Labute approximate surface area is 266 Å². The molecular weight excluding hydrogens is 588 g/mol. The quantitative estimate of drug-likeness (QED) is 0.0968. The van der Waals surface area contributed by atoms with E-state index in [4.69, 9.17) is 24.7 Å². The Morgan fingerprint density at radius 2 is 1.36 bits per heavy atom. The summed E-state index contributed by atoms with van der Waals surface area (Å²) >= 11 is 0. The average molecular weight is 643 g/mol. The average Bonchev–Trinajstić information content (AvgIpc) is 3.28. The second kappa shape index (κ2) is 21.7. The molecule has 0 saturated carbocycles. The number of hydrogen-bond acceptors (Lipinski definition) is 10. The largest absolute Gasteiger partial charge is 0.379 e. The van der Waals surface area contributed by atoms with Crippen LogP contribution in [0.25, 0.3) is 0 Å². The summed E-state index contributed by atoms with van der Waals surface area (Å²) in [5.41, 5.74) is 4.47. The fraction of sp³-hybridized carbons (Fsp3) is 0.806. The van der Waals surface area contributed by atoms with Gasteiger partial charge < -0.3 is 35.3 Å². The van der Waals surface area contributed by atoms with Crippen molar-refractivity contribution < 1.29 is 47.7 Å². The van der Waals surface area contributed by atoms with Crippen LogP contribution in [0.3, 0.4) is 0 Å². The van der Waals surface area contributed by atoms with Crippen LogP contribution in [0, 0.1) is 17.3 Å². The lowest BCUT2D eigenvalue weighted by molar-refractivity contribution is -0.139. The van der Waals surface area contributed by atoms with Gasteiger partial charge in [0.25, 0.3) is 0 Å². The van der Waals surface area contributed by atoms with Crippen LogP contribution in [0.15, 0.2) is 0 Å². The first-order valence-corrected chi connectivity index (χ1v) is 15.8. The van der Waals surface area contributed by atoms with Gasteiger partial charge in [0.05, 0.1) is 65.4 Å². The molecule has 0 bridgehead atoms. The summed E-state index contributed by atoms with van der Waals surface area (Å²) in [6, 6.07) is -1.37. The van der Waals surface area contributed by atoms with E-state index in [9.17, 15) is 28.8 Å². The number of nitrogens with one attached hydrogen (secondary N) is 2. The molecule has 5 amide bonds. The molecule has 0 aliphatic carbocycles. The van der Waals surface area contributed by atoms with E-state index in [2.05, 4.69) is 10.6 Å². The van der Waals surface area contributed by atoms with E-state index < -0.39 is 23.4 Å². The third kappa shape index (κ3) is 17.4. The van der Waals surface area contributed by atoms with Crippen LogP contribution in [0.5, 0.6) is 0 Å². The van der Waals surface area contributed by atoms with E-state index in [0.717, 1.165) is 0 Å². The Morgan fingerprint density at radius 3 is 1.84 bits per heavy atom. The van der Waals surface area contributed by atoms with Crippen molar-refractivity contribution in [1.82, 2.24) is 15.5 Å². The molecule has 1 aliphatic heterocycles. The summed E-state index contributed by atoms with van der Waals surface area (Å²) in [6.45, 7) is 12.2. The van der Waals surface area contributed by atoms with Gasteiger partial charge in [-0.05, 0) is 18.8 Å². The van der Waals surface area contributed by atoms with Gasteiger partial charge in [-0.15, -0.1) is 0 Å². The summed E-state index contributed by atoms with van der Waals surface area (Å²) in [5, 5.41) is 5.30. The van der Waals surface area contributed by atoms with E-state index in [1.165, 1.54) is 4.90 Å². The standard InChI is InChI=1S/C31H54N4O10/c1-22(2)28(24(36)21-23(29(40)31(3,4)5)7-6-11-33-30(32)41)34-25(37)10-13-42-15-17-44-19-20-45-18-16-43-14-12-35-26(38)8-9-27(35)39/h22-23,28H,6-21H2,1-5H3,(H,34,37)(H3,32,33,41)/t23-,28+/m1/s1. The van der Waals surface area contributed by atoms with Gasteiger partial charge in [0.2, 0.25) is 17.7 Å². The highest BCUT2D eigenvalue weighted by atomic mass is 16.6. The van der Waals surface area contributed by atoms with Crippen molar-refractivity contribution in [2.75, 3.05) is 65.9 Å². The molecule has 45 heavy (non-hydrogen) atoms. The minimum atomic E-state index is -0.733. The number of amides is 5. The zero-order valence-corrected chi connectivity index (χ0v) is 27.7. The normalized spacial score (nSPS) is 14.9. The summed E-state index contributed by atoms with van der Waals surface area (Å²) in [5.74, 6) is -1.57. The van der Waals surface area contributed by atoms with Crippen molar-refractivity contribution in [2.45, 2.75) is 79.2 Å². The smallest absolute Gasteiger partial charge is 0.312 e. The van der Waals surface area contributed by atoms with Gasteiger partial charge in [0.15, 0.2) is 5.78 Å². The molecule has 0 aromatic carbocycles. The molecule has 0 unspecified atom stereocenters. The third-order valence-corrected chi connectivity index (χ3v) is 7.12. The summed E-state index contributed by atoms with van der Waals surface area (Å²) in [6.07, 6.45) is 1.54. The van der Waals surface area contributed by atoms with E-state index >= 15 is 0 Å². The number of Topliss-reactive ketones (excluding diaryl/α,β-unsaturated/α-hetero) is 2. The maximum Gasteiger partial charge on any atom is 0.312 e. The van der Waals surface area contributed by atoms with Crippen LogP contribution in [-0.2, 0) is 42.9 Å². The van der Waals surface area contributed by atoms with Gasteiger partial charge in [0, 0.05) is 43.6 Å². The first kappa shape index (κ1) is 40.1. The predicted molar refractivity (Wildman–Crippen MR) is 165 cm³/mol. The lowest BCUT2D eigenvalue weighted by atomic mass is 9.78. The monoisotopic (exact) mass is 642 g/mol. The lowest BCUT2D eigenvalue weighted by Gasteiger charge is -2.27. The molecular formula is C31H54N4O10. The number of likely N-dealkylation sites (tertiary alicyclic amines) is 1. The second-order valence-electron chi connectivity index (χ2n) is 12.3.